The molecule has 0 fully saturated rings. The first-order valence-electron chi connectivity index (χ1n) is 5.04. The van der Waals surface area contributed by atoms with E-state index in [-0.39, 0.29) is 16.3 Å². The summed E-state index contributed by atoms with van der Waals surface area (Å²) in [5, 5.41) is 0.331. The fraction of sp³-hybridized carbons (Fsp3) is 0.400. The average molecular weight is 289 g/mol. The van der Waals surface area contributed by atoms with Gasteiger partial charge in [-0.1, -0.05) is 23.2 Å². The van der Waals surface area contributed by atoms with Crippen LogP contribution in [-0.4, -0.2) is 60.6 Å². The first-order valence-corrected chi connectivity index (χ1v) is 5.80. The Balaban J connectivity index is 3.05. The van der Waals surface area contributed by atoms with E-state index in [1.807, 2.05) is 28.2 Å². The largest absolute Gasteiger partial charge is 0.369 e. The maximum absolute atomic E-state index is 5.98. The molecule has 0 N–H and O–H groups in total. The van der Waals surface area contributed by atoms with Gasteiger partial charge in [0.25, 0.3) is 5.95 Å². The molecule has 0 aromatic carbocycles. The van der Waals surface area contributed by atoms with Gasteiger partial charge in [-0.15, -0.1) is 0 Å². The van der Waals surface area contributed by atoms with Crippen molar-refractivity contribution in [3.8, 4) is 0 Å². The van der Waals surface area contributed by atoms with Crippen LogP contribution in [0.25, 0.3) is 0 Å². The third-order valence-corrected chi connectivity index (χ3v) is 2.14. The number of aliphatic imine (C=N–C) groups is 2. The van der Waals surface area contributed by atoms with Gasteiger partial charge in [0, 0.05) is 28.2 Å². The van der Waals surface area contributed by atoms with Crippen molar-refractivity contribution in [2.75, 3.05) is 28.2 Å². The Morgan fingerprint density at radius 2 is 1.33 bits per heavy atom. The van der Waals surface area contributed by atoms with Crippen LogP contribution in [0.2, 0.25) is 10.3 Å². The summed E-state index contributed by atoms with van der Waals surface area (Å²) in [4.78, 5) is 19.6. The van der Waals surface area contributed by atoms with E-state index in [0.717, 1.165) is 0 Å². The minimum atomic E-state index is 0.166. The molecule has 0 bridgehead atoms. The van der Waals surface area contributed by atoms with Gasteiger partial charge in [0.2, 0.25) is 0 Å². The van der Waals surface area contributed by atoms with E-state index in [0.29, 0.717) is 5.69 Å². The molecule has 0 aliphatic carbocycles. The van der Waals surface area contributed by atoms with Crippen LogP contribution in [0, 0.1) is 0 Å². The van der Waals surface area contributed by atoms with E-state index in [9.17, 15) is 0 Å². The predicted octanol–water partition coefficient (Wildman–Crippen LogP) is 2.23. The molecule has 0 saturated carbocycles. The third-order valence-electron chi connectivity index (χ3n) is 1.61. The van der Waals surface area contributed by atoms with Crippen molar-refractivity contribution in [3.63, 3.8) is 0 Å². The van der Waals surface area contributed by atoms with Crippen LogP contribution in [-0.2, 0) is 0 Å². The standard InChI is InChI=1S/C10H14Cl2N6/c1-17(2)5-13-7-8(11)15-10(16-9(7)12)14-6-18(3)4/h5-6H,1-4H3/b13-5+,14-6+. The molecule has 18 heavy (non-hydrogen) atoms. The van der Waals surface area contributed by atoms with Crippen molar-refractivity contribution in [2.45, 2.75) is 0 Å². The summed E-state index contributed by atoms with van der Waals surface area (Å²) in [5.41, 5.74) is 0.329. The highest BCUT2D eigenvalue weighted by molar-refractivity contribution is 6.37. The van der Waals surface area contributed by atoms with Crippen LogP contribution in [0.3, 0.4) is 0 Å². The zero-order chi connectivity index (χ0) is 13.7. The van der Waals surface area contributed by atoms with E-state index in [1.165, 1.54) is 0 Å². The third kappa shape index (κ3) is 4.46. The highest BCUT2D eigenvalue weighted by atomic mass is 35.5. The van der Waals surface area contributed by atoms with E-state index in [4.69, 9.17) is 23.2 Å². The Morgan fingerprint density at radius 3 is 1.78 bits per heavy atom. The fourth-order valence-corrected chi connectivity index (χ4v) is 1.37. The first-order chi connectivity index (χ1) is 8.40. The molecule has 0 atom stereocenters. The minimum Gasteiger partial charge on any atom is -0.369 e. The molecule has 1 rings (SSSR count). The van der Waals surface area contributed by atoms with Crippen LogP contribution in [0.15, 0.2) is 9.98 Å². The molecule has 0 amide bonds. The molecule has 0 aliphatic heterocycles. The molecule has 1 aromatic heterocycles. The molecule has 0 aliphatic rings. The number of rotatable bonds is 4. The van der Waals surface area contributed by atoms with Crippen LogP contribution in [0.1, 0.15) is 0 Å². The highest BCUT2D eigenvalue weighted by Gasteiger charge is 2.09. The number of hydrogen-bond acceptors (Lipinski definition) is 4. The number of hydrogen-bond donors (Lipinski definition) is 0. The maximum atomic E-state index is 5.98. The summed E-state index contributed by atoms with van der Waals surface area (Å²) in [7, 11) is 7.34. The Kier molecular flexibility index (Phi) is 5.30. The number of halogens is 2. The molecular formula is C10H14Cl2N6. The van der Waals surface area contributed by atoms with E-state index >= 15 is 0 Å². The summed E-state index contributed by atoms with van der Waals surface area (Å²) in [6.07, 6.45) is 3.13. The van der Waals surface area contributed by atoms with Crippen LogP contribution >= 0.6 is 23.2 Å². The zero-order valence-corrected chi connectivity index (χ0v) is 12.1. The van der Waals surface area contributed by atoms with Gasteiger partial charge in [0.1, 0.15) is 5.69 Å². The van der Waals surface area contributed by atoms with Gasteiger partial charge in [-0.25, -0.2) is 9.98 Å². The molecule has 0 radical (unpaired) electrons. The topological polar surface area (TPSA) is 57.0 Å². The lowest BCUT2D eigenvalue weighted by atomic mass is 10.5. The Hall–Kier alpha value is -1.40. The predicted molar refractivity (Wildman–Crippen MR) is 75.7 cm³/mol. The maximum Gasteiger partial charge on any atom is 0.253 e. The zero-order valence-electron chi connectivity index (χ0n) is 10.6. The van der Waals surface area contributed by atoms with Gasteiger partial charge in [-0.2, -0.15) is 9.97 Å². The summed E-state index contributed by atoms with van der Waals surface area (Å²) in [5.74, 6) is 0.197. The molecule has 0 unspecified atom stereocenters. The fourth-order valence-electron chi connectivity index (χ4n) is 0.896. The summed E-state index contributed by atoms with van der Waals surface area (Å²) < 4.78 is 0. The second kappa shape index (κ2) is 6.51. The van der Waals surface area contributed by atoms with Gasteiger partial charge < -0.3 is 9.80 Å². The monoisotopic (exact) mass is 288 g/mol. The van der Waals surface area contributed by atoms with E-state index < -0.39 is 0 Å². The van der Waals surface area contributed by atoms with Crippen molar-refractivity contribution in [1.82, 2.24) is 19.8 Å². The van der Waals surface area contributed by atoms with Crippen molar-refractivity contribution >= 4 is 47.5 Å². The minimum absolute atomic E-state index is 0.166. The molecule has 1 aromatic rings. The first kappa shape index (κ1) is 14.7. The molecule has 98 valence electrons. The van der Waals surface area contributed by atoms with Crippen LogP contribution in [0.5, 0.6) is 0 Å². The highest BCUT2D eigenvalue weighted by Crippen LogP contribution is 2.31. The lowest BCUT2D eigenvalue weighted by molar-refractivity contribution is 0.642. The lowest BCUT2D eigenvalue weighted by Crippen LogP contribution is -2.07. The molecule has 0 saturated heterocycles. The average Bonchev–Trinajstić information content (AvgIpc) is 2.24. The van der Waals surface area contributed by atoms with Crippen molar-refractivity contribution in [3.05, 3.63) is 10.3 Å². The SMILES string of the molecule is CN(C)/C=N/c1nc(Cl)c(/N=C/N(C)C)c(Cl)n1. The van der Waals surface area contributed by atoms with Gasteiger partial charge in [0.15, 0.2) is 10.3 Å². The van der Waals surface area contributed by atoms with Crippen LogP contribution < -0.4 is 0 Å². The molecule has 8 heteroatoms. The van der Waals surface area contributed by atoms with Crippen molar-refractivity contribution in [1.29, 1.82) is 0 Å². The Labute approximate surface area is 116 Å². The lowest BCUT2D eigenvalue weighted by Gasteiger charge is -2.05. The summed E-state index contributed by atoms with van der Waals surface area (Å²) >= 11 is 12.0. The second-order valence-electron chi connectivity index (χ2n) is 3.87. The normalized spacial score (nSPS) is 11.4. The van der Waals surface area contributed by atoms with Crippen molar-refractivity contribution in [2.24, 2.45) is 9.98 Å². The van der Waals surface area contributed by atoms with E-state index in [2.05, 4.69) is 20.0 Å². The molecule has 1 heterocycles. The summed E-state index contributed by atoms with van der Waals surface area (Å²) in [6.45, 7) is 0. The Morgan fingerprint density at radius 1 is 0.889 bits per heavy atom. The number of nitrogens with zero attached hydrogens (tertiary/aromatic N) is 6. The molecule has 0 spiro atoms. The quantitative estimate of drug-likeness (QED) is 0.484. The van der Waals surface area contributed by atoms with Crippen molar-refractivity contribution < 1.29 is 0 Å². The van der Waals surface area contributed by atoms with Gasteiger partial charge in [-0.05, 0) is 0 Å². The smallest absolute Gasteiger partial charge is 0.253 e. The molecular weight excluding hydrogens is 275 g/mol. The summed E-state index contributed by atoms with van der Waals surface area (Å²) in [6, 6.07) is 0. The van der Waals surface area contributed by atoms with Gasteiger partial charge >= 0.3 is 0 Å². The van der Waals surface area contributed by atoms with Gasteiger partial charge in [-0.3, -0.25) is 0 Å². The van der Waals surface area contributed by atoms with E-state index in [1.54, 1.807) is 22.5 Å². The number of aromatic nitrogens is 2. The second-order valence-corrected chi connectivity index (χ2v) is 4.59. The molecule has 6 nitrogen and oxygen atoms in total. The van der Waals surface area contributed by atoms with Gasteiger partial charge in [0.05, 0.1) is 12.7 Å². The Bertz CT molecular complexity index is 446. The van der Waals surface area contributed by atoms with Crippen LogP contribution in [0.4, 0.5) is 11.6 Å².